The number of ether oxygens (including phenoxy) is 6. The molecular weight excluding hydrogens is 1060 g/mol. The van der Waals surface area contributed by atoms with Crippen LogP contribution in [0.3, 0.4) is 0 Å². The number of carbonyl (C=O) groups is 1. The van der Waals surface area contributed by atoms with Gasteiger partial charge in [-0.15, -0.1) is 0 Å². The highest BCUT2D eigenvalue weighted by molar-refractivity contribution is 5.76. The molecule has 3 fully saturated rings. The van der Waals surface area contributed by atoms with E-state index >= 15 is 0 Å². The smallest absolute Gasteiger partial charge is 0.220 e. The minimum atomic E-state index is -1.97. The summed E-state index contributed by atoms with van der Waals surface area (Å²) in [5.74, 6) is -0.239. The molecule has 17 atom stereocenters. The fraction of sp³-hybridized carbons (Fsp3) is 0.984. The first-order valence-electron chi connectivity index (χ1n) is 33.3. The molecule has 0 aliphatic carbocycles. The summed E-state index contributed by atoms with van der Waals surface area (Å²) in [4.78, 5) is 13.3. The average molecular weight is 1180 g/mol. The van der Waals surface area contributed by atoms with Crippen molar-refractivity contribution >= 4 is 5.91 Å². The third-order valence-electron chi connectivity index (χ3n) is 17.2. The highest BCUT2D eigenvalue weighted by Gasteiger charge is 2.53. The van der Waals surface area contributed by atoms with Crippen LogP contribution in [0.1, 0.15) is 264 Å². The van der Waals surface area contributed by atoms with E-state index in [4.69, 9.17) is 28.4 Å². The molecular formula is C63H121NO18. The Bertz CT molecular complexity index is 1500. The van der Waals surface area contributed by atoms with E-state index in [9.17, 15) is 61.0 Å². The standard InChI is InChI=1S/C63H121NO18/c1-3-5-7-9-11-13-14-15-16-17-18-19-20-21-22-23-24-25-26-27-28-29-30-31-33-35-37-39-41-51(69)64-46(47(68)40-38-36-34-32-12-10-8-6-4-2)45-77-61-57(75)54(72)59(49(43-66)79-61)82-63-58(76)55(73)60(50(44-67)80-63)81-62-56(74)53(71)52(70)48(42-65)78-62/h46-50,52-63,65-68,70-76H,3-45H2,1-2H3,(H,64,69). The second-order valence-corrected chi connectivity index (χ2v) is 24.3. The van der Waals surface area contributed by atoms with Crippen LogP contribution in [0.25, 0.3) is 0 Å². The van der Waals surface area contributed by atoms with Gasteiger partial charge in [0.2, 0.25) is 5.91 Å². The van der Waals surface area contributed by atoms with Gasteiger partial charge < -0.3 is 89.9 Å². The summed E-state index contributed by atoms with van der Waals surface area (Å²) < 4.78 is 34.3. The maximum Gasteiger partial charge on any atom is 0.220 e. The molecule has 3 aliphatic heterocycles. The molecule has 19 nitrogen and oxygen atoms in total. The molecule has 1 amide bonds. The number of amides is 1. The van der Waals surface area contributed by atoms with E-state index in [1.807, 2.05) is 0 Å². The van der Waals surface area contributed by atoms with Gasteiger partial charge in [0.1, 0.15) is 73.2 Å². The Balaban J connectivity index is 1.35. The first-order chi connectivity index (χ1) is 39.8. The van der Waals surface area contributed by atoms with Gasteiger partial charge in [0, 0.05) is 6.42 Å². The van der Waals surface area contributed by atoms with Crippen molar-refractivity contribution in [3.8, 4) is 0 Å². The molecule has 3 rings (SSSR count). The monoisotopic (exact) mass is 1180 g/mol. The lowest BCUT2D eigenvalue weighted by molar-refractivity contribution is -0.379. The SMILES string of the molecule is CCCCCCCCCCCCCCCCCCCCCCCCCCCCCCC(=O)NC(COC1OC(CO)C(OC2OC(CO)C(OC3OC(CO)C(O)C(O)C3O)C(O)C2O)C(O)C1O)C(O)CCCCCCCCCCC. The van der Waals surface area contributed by atoms with Gasteiger partial charge in [-0.1, -0.05) is 245 Å². The predicted molar refractivity (Wildman–Crippen MR) is 314 cm³/mol. The van der Waals surface area contributed by atoms with Crippen LogP contribution < -0.4 is 5.32 Å². The number of unbranched alkanes of at least 4 members (excludes halogenated alkanes) is 35. The van der Waals surface area contributed by atoms with Crippen molar-refractivity contribution in [3.05, 3.63) is 0 Å². The molecule has 0 aromatic heterocycles. The van der Waals surface area contributed by atoms with Crippen molar-refractivity contribution in [1.82, 2.24) is 5.32 Å². The van der Waals surface area contributed by atoms with E-state index in [0.29, 0.717) is 12.8 Å². The minimum Gasteiger partial charge on any atom is -0.394 e. The van der Waals surface area contributed by atoms with Crippen molar-refractivity contribution < 1.29 is 89.4 Å². The quantitative estimate of drug-likeness (QED) is 0.0262. The molecule has 3 heterocycles. The Kier molecular flexibility index (Phi) is 42.9. The van der Waals surface area contributed by atoms with Crippen LogP contribution in [-0.4, -0.2) is 193 Å². The summed E-state index contributed by atoms with van der Waals surface area (Å²) >= 11 is 0. The molecule has 3 aliphatic rings. The van der Waals surface area contributed by atoms with Gasteiger partial charge in [0.25, 0.3) is 0 Å². The molecule has 486 valence electrons. The number of hydrogen-bond acceptors (Lipinski definition) is 18. The molecule has 0 aromatic carbocycles. The number of aliphatic hydroxyl groups is 11. The molecule has 17 unspecified atom stereocenters. The lowest BCUT2D eigenvalue weighted by Gasteiger charge is -2.48. The van der Waals surface area contributed by atoms with Gasteiger partial charge in [-0.2, -0.15) is 0 Å². The molecule has 0 bridgehead atoms. The van der Waals surface area contributed by atoms with Crippen LogP contribution in [0.5, 0.6) is 0 Å². The topological polar surface area (TPSA) is 307 Å². The van der Waals surface area contributed by atoms with Crippen LogP contribution >= 0.6 is 0 Å². The molecule has 0 spiro atoms. The molecule has 0 radical (unpaired) electrons. The van der Waals surface area contributed by atoms with Gasteiger partial charge in [0.05, 0.1) is 38.6 Å². The normalized spacial score (nSPS) is 29.5. The van der Waals surface area contributed by atoms with Gasteiger partial charge in [0.15, 0.2) is 18.9 Å². The number of carbonyl (C=O) groups excluding carboxylic acids is 1. The van der Waals surface area contributed by atoms with E-state index in [1.165, 1.54) is 186 Å². The van der Waals surface area contributed by atoms with Crippen LogP contribution in [-0.2, 0) is 33.2 Å². The Hall–Kier alpha value is -1.21. The van der Waals surface area contributed by atoms with Crippen LogP contribution in [0, 0.1) is 0 Å². The van der Waals surface area contributed by atoms with Crippen molar-refractivity contribution in [2.24, 2.45) is 0 Å². The fourth-order valence-electron chi connectivity index (χ4n) is 11.7. The summed E-state index contributed by atoms with van der Waals surface area (Å²) in [5, 5.41) is 120. The number of hydrogen-bond donors (Lipinski definition) is 12. The van der Waals surface area contributed by atoms with E-state index in [2.05, 4.69) is 19.2 Å². The van der Waals surface area contributed by atoms with E-state index in [-0.39, 0.29) is 18.9 Å². The molecule has 0 saturated carbocycles. The van der Waals surface area contributed by atoms with Crippen LogP contribution in [0.15, 0.2) is 0 Å². The van der Waals surface area contributed by atoms with Crippen molar-refractivity contribution in [2.45, 2.75) is 369 Å². The Labute approximate surface area is 493 Å². The van der Waals surface area contributed by atoms with Crippen molar-refractivity contribution in [2.75, 3.05) is 26.4 Å². The summed E-state index contributed by atoms with van der Waals surface area (Å²) in [5.41, 5.74) is 0. The third kappa shape index (κ3) is 29.7. The van der Waals surface area contributed by atoms with Gasteiger partial charge in [-0.25, -0.2) is 0 Å². The second kappa shape index (κ2) is 46.9. The van der Waals surface area contributed by atoms with Crippen molar-refractivity contribution in [3.63, 3.8) is 0 Å². The third-order valence-corrected chi connectivity index (χ3v) is 17.2. The zero-order valence-electron chi connectivity index (χ0n) is 51.0. The first-order valence-corrected chi connectivity index (χ1v) is 33.3. The zero-order chi connectivity index (χ0) is 59.7. The molecule has 12 N–H and O–H groups in total. The first kappa shape index (κ1) is 75.0. The molecule has 0 aromatic rings. The molecule has 19 heteroatoms. The van der Waals surface area contributed by atoms with E-state index < -0.39 is 124 Å². The maximum absolute atomic E-state index is 13.3. The van der Waals surface area contributed by atoms with Crippen molar-refractivity contribution in [1.29, 1.82) is 0 Å². The molecule has 3 saturated heterocycles. The Morgan fingerprint density at radius 1 is 0.390 bits per heavy atom. The van der Waals surface area contributed by atoms with E-state index in [0.717, 1.165) is 44.9 Å². The van der Waals surface area contributed by atoms with Gasteiger partial charge >= 0.3 is 0 Å². The predicted octanol–water partition coefficient (Wildman–Crippen LogP) is 7.55. The number of nitrogens with one attached hydrogen (secondary N) is 1. The number of aliphatic hydroxyl groups excluding tert-OH is 11. The average Bonchev–Trinajstić information content (AvgIpc) is 3.60. The second-order valence-electron chi connectivity index (χ2n) is 24.3. The highest BCUT2D eigenvalue weighted by atomic mass is 16.8. The lowest BCUT2D eigenvalue weighted by Crippen LogP contribution is -2.66. The highest BCUT2D eigenvalue weighted by Crippen LogP contribution is 2.33. The minimum absolute atomic E-state index is 0.239. The summed E-state index contributed by atoms with van der Waals surface area (Å²) in [6, 6.07) is -0.879. The lowest BCUT2D eigenvalue weighted by atomic mass is 9.96. The summed E-state index contributed by atoms with van der Waals surface area (Å²) in [7, 11) is 0. The van der Waals surface area contributed by atoms with Crippen LogP contribution in [0.2, 0.25) is 0 Å². The summed E-state index contributed by atoms with van der Waals surface area (Å²) in [6.07, 6.45) is 20.9. The van der Waals surface area contributed by atoms with E-state index in [1.54, 1.807) is 0 Å². The van der Waals surface area contributed by atoms with Gasteiger partial charge in [-0.05, 0) is 12.8 Å². The Morgan fingerprint density at radius 2 is 0.695 bits per heavy atom. The summed E-state index contributed by atoms with van der Waals surface area (Å²) in [6.45, 7) is 1.79. The van der Waals surface area contributed by atoms with Gasteiger partial charge in [-0.3, -0.25) is 4.79 Å². The maximum atomic E-state index is 13.3. The van der Waals surface area contributed by atoms with Crippen LogP contribution in [0.4, 0.5) is 0 Å². The zero-order valence-corrected chi connectivity index (χ0v) is 51.0. The Morgan fingerprint density at radius 3 is 1.06 bits per heavy atom. The fourth-order valence-corrected chi connectivity index (χ4v) is 11.7. The number of rotatable bonds is 51. The molecule has 82 heavy (non-hydrogen) atoms. The largest absolute Gasteiger partial charge is 0.394 e.